The molecule has 1 aromatic carbocycles. The van der Waals surface area contributed by atoms with Gasteiger partial charge in [-0.25, -0.2) is 17.9 Å². The van der Waals surface area contributed by atoms with Crippen molar-refractivity contribution in [2.75, 3.05) is 6.61 Å². The number of benzene rings is 1. The minimum atomic E-state index is -2.15. The molecule has 12 nitrogen and oxygen atoms in total. The molecule has 0 spiro atoms. The van der Waals surface area contributed by atoms with Crippen molar-refractivity contribution in [2.45, 2.75) is 55.5 Å². The van der Waals surface area contributed by atoms with Gasteiger partial charge in [0.2, 0.25) is 0 Å². The first-order valence-electron chi connectivity index (χ1n) is 12.1. The molecule has 3 unspecified atom stereocenters. The molecule has 1 aliphatic rings. The van der Waals surface area contributed by atoms with Crippen molar-refractivity contribution < 1.29 is 50.7 Å². The molecule has 0 amide bonds. The first-order valence-corrected chi connectivity index (χ1v) is 13.7. The van der Waals surface area contributed by atoms with Gasteiger partial charge >= 0.3 is 17.9 Å². The number of carbonyl (C=O) groups excluding carboxylic acids is 3. The van der Waals surface area contributed by atoms with E-state index >= 15 is 0 Å². The summed E-state index contributed by atoms with van der Waals surface area (Å²) in [5.41, 5.74) is -1.84. The van der Waals surface area contributed by atoms with E-state index in [0.717, 1.165) is 25.5 Å². The van der Waals surface area contributed by atoms with Gasteiger partial charge in [-0.1, -0.05) is 16.8 Å². The van der Waals surface area contributed by atoms with Crippen molar-refractivity contribution in [3.63, 3.8) is 0 Å². The molecule has 0 aliphatic carbocycles. The number of nitrogens with zero attached hydrogens (tertiary/aromatic N) is 4. The number of halogens is 4. The molecule has 0 N–H and O–H groups in total. The molecule has 3 aromatic rings. The van der Waals surface area contributed by atoms with Gasteiger partial charge in [0.25, 0.3) is 0 Å². The molecule has 224 valence electrons. The summed E-state index contributed by atoms with van der Waals surface area (Å²) in [6.07, 6.45) is -0.475. The van der Waals surface area contributed by atoms with Crippen molar-refractivity contribution in [1.29, 1.82) is 0 Å². The van der Waals surface area contributed by atoms with E-state index in [4.69, 9.17) is 30.5 Å². The van der Waals surface area contributed by atoms with Gasteiger partial charge in [0.15, 0.2) is 35.1 Å². The second-order valence-electron chi connectivity index (χ2n) is 8.96. The Kier molecular flexibility index (Phi) is 9.58. The van der Waals surface area contributed by atoms with Crippen molar-refractivity contribution in [1.82, 2.24) is 20.0 Å². The Morgan fingerprint density at radius 3 is 2.24 bits per heavy atom. The van der Waals surface area contributed by atoms with Crippen LogP contribution in [0.1, 0.15) is 26.8 Å². The van der Waals surface area contributed by atoms with Crippen LogP contribution in [0.3, 0.4) is 0 Å². The minimum Gasteiger partial charge on any atom is -0.463 e. The van der Waals surface area contributed by atoms with Crippen LogP contribution in [0, 0.1) is 17.5 Å². The first kappa shape index (κ1) is 31.1. The Bertz CT molecular complexity index is 1520. The Hall–Kier alpha value is -3.89. The predicted octanol–water partition coefficient (Wildman–Crippen LogP) is 2.91. The molecule has 4 rings (SSSR count). The van der Waals surface area contributed by atoms with E-state index in [9.17, 15) is 31.8 Å². The highest BCUT2D eigenvalue weighted by Gasteiger charge is 2.54. The Morgan fingerprint density at radius 1 is 1.00 bits per heavy atom. The second-order valence-corrected chi connectivity index (χ2v) is 10.9. The molecule has 3 heterocycles. The number of carbonyl (C=O) groups is 3. The fraction of sp³-hybridized carbons (Fsp3) is 0.360. The third kappa shape index (κ3) is 6.94. The molecule has 42 heavy (non-hydrogen) atoms. The SMILES string of the molecule is CC(=O)OCC1O[C@H](S(=O)c2cncc(Cl)c2)C(OC(C)=O)[C@@H](n2cc(-c3cc(F)c(F)c(F)c3)nn2)[C@H]1OC(C)=O. The maximum absolute atomic E-state index is 13.9. The van der Waals surface area contributed by atoms with Gasteiger partial charge in [-0.05, 0) is 18.2 Å². The summed E-state index contributed by atoms with van der Waals surface area (Å²) in [5, 5.41) is 8.00. The largest absolute Gasteiger partial charge is 0.463 e. The third-order valence-electron chi connectivity index (χ3n) is 5.89. The van der Waals surface area contributed by atoms with Crippen LogP contribution in [0.15, 0.2) is 41.7 Å². The minimum absolute atomic E-state index is 0.0807. The first-order chi connectivity index (χ1) is 19.8. The lowest BCUT2D eigenvalue weighted by molar-refractivity contribution is -0.212. The van der Waals surface area contributed by atoms with Crippen LogP contribution in [0.2, 0.25) is 5.02 Å². The number of hydrogen-bond acceptors (Lipinski definition) is 11. The second kappa shape index (κ2) is 13.0. The molecular formula is C25H22ClF3N4O8S. The van der Waals surface area contributed by atoms with Crippen LogP contribution in [-0.2, 0) is 44.1 Å². The molecule has 0 radical (unpaired) electrons. The highest BCUT2D eigenvalue weighted by atomic mass is 35.5. The maximum atomic E-state index is 13.9. The molecule has 17 heteroatoms. The van der Waals surface area contributed by atoms with Crippen molar-refractivity contribution in [3.8, 4) is 11.3 Å². The van der Waals surface area contributed by atoms with Crippen LogP contribution >= 0.6 is 11.6 Å². The summed E-state index contributed by atoms with van der Waals surface area (Å²) in [5.74, 6) is -7.01. The number of aromatic nitrogens is 4. The molecule has 6 atom stereocenters. The number of hydrogen-bond donors (Lipinski definition) is 0. The lowest BCUT2D eigenvalue weighted by Gasteiger charge is -2.44. The fourth-order valence-corrected chi connectivity index (χ4v) is 5.87. The van der Waals surface area contributed by atoms with Gasteiger partial charge in [0.1, 0.15) is 24.4 Å². The predicted molar refractivity (Wildman–Crippen MR) is 136 cm³/mol. The summed E-state index contributed by atoms with van der Waals surface area (Å²) in [7, 11) is -2.15. The van der Waals surface area contributed by atoms with Crippen molar-refractivity contribution in [3.05, 3.63) is 59.3 Å². The van der Waals surface area contributed by atoms with Crippen LogP contribution in [0.4, 0.5) is 13.2 Å². The van der Waals surface area contributed by atoms with E-state index in [1.165, 1.54) is 24.7 Å². The summed E-state index contributed by atoms with van der Waals surface area (Å²) < 4.78 is 78.4. The van der Waals surface area contributed by atoms with E-state index in [1.807, 2.05) is 0 Å². The highest BCUT2D eigenvalue weighted by Crippen LogP contribution is 2.38. The Labute approximate surface area is 243 Å². The van der Waals surface area contributed by atoms with Crippen LogP contribution in [0.25, 0.3) is 11.3 Å². The van der Waals surface area contributed by atoms with E-state index in [0.29, 0.717) is 12.1 Å². The smallest absolute Gasteiger partial charge is 0.303 e. The number of rotatable bonds is 8. The van der Waals surface area contributed by atoms with Gasteiger partial charge in [-0.2, -0.15) is 0 Å². The quantitative estimate of drug-likeness (QED) is 0.205. The van der Waals surface area contributed by atoms with E-state index in [2.05, 4.69) is 15.3 Å². The van der Waals surface area contributed by atoms with Crippen molar-refractivity contribution in [2.24, 2.45) is 0 Å². The van der Waals surface area contributed by atoms with Crippen LogP contribution < -0.4 is 0 Å². The summed E-state index contributed by atoms with van der Waals surface area (Å²) in [6, 6.07) is 1.39. The molecular weight excluding hydrogens is 609 g/mol. The van der Waals surface area contributed by atoms with Gasteiger partial charge in [-0.3, -0.25) is 23.6 Å². The van der Waals surface area contributed by atoms with Gasteiger partial charge in [0, 0.05) is 38.7 Å². The molecule has 1 aliphatic heterocycles. The zero-order chi connectivity index (χ0) is 30.7. The highest BCUT2D eigenvalue weighted by molar-refractivity contribution is 7.85. The maximum Gasteiger partial charge on any atom is 0.303 e. The summed E-state index contributed by atoms with van der Waals surface area (Å²) >= 11 is 6.02. The monoisotopic (exact) mass is 630 g/mol. The van der Waals surface area contributed by atoms with E-state index in [-0.39, 0.29) is 21.2 Å². The van der Waals surface area contributed by atoms with Crippen LogP contribution in [-0.4, -0.2) is 72.4 Å². The molecule has 0 bridgehead atoms. The Balaban J connectivity index is 1.86. The standard InChI is InChI=1S/C25H22ClF3N4O8S/c1-11(34)38-10-20-23(39-12(2)35)22(33-9-19(31-32-33)14-4-17(27)21(29)18(28)5-14)24(40-13(3)36)25(41-20)42(37)16-6-15(26)7-30-8-16/h4-9,20,22-25H,10H2,1-3H3/t20?,22-,23-,24?,25+,42?/m0/s1. The lowest BCUT2D eigenvalue weighted by Crippen LogP contribution is -2.59. The van der Waals surface area contributed by atoms with Gasteiger partial charge in [0.05, 0.1) is 26.9 Å². The van der Waals surface area contributed by atoms with Crippen molar-refractivity contribution >= 4 is 40.3 Å². The average Bonchev–Trinajstić information content (AvgIpc) is 3.40. The lowest BCUT2D eigenvalue weighted by atomic mass is 9.96. The molecule has 1 fully saturated rings. The third-order valence-corrected chi connectivity index (χ3v) is 7.59. The zero-order valence-electron chi connectivity index (χ0n) is 22.0. The van der Waals surface area contributed by atoms with E-state index in [1.54, 1.807) is 0 Å². The zero-order valence-corrected chi connectivity index (χ0v) is 23.6. The summed E-state index contributed by atoms with van der Waals surface area (Å²) in [4.78, 5) is 40.1. The number of esters is 3. The van der Waals surface area contributed by atoms with Gasteiger partial charge < -0.3 is 18.9 Å². The average molecular weight is 631 g/mol. The molecule has 2 aromatic heterocycles. The summed E-state index contributed by atoms with van der Waals surface area (Å²) in [6.45, 7) is 2.79. The van der Waals surface area contributed by atoms with Gasteiger partial charge in [-0.15, -0.1) is 5.10 Å². The van der Waals surface area contributed by atoms with Crippen LogP contribution in [0.5, 0.6) is 0 Å². The molecule has 1 saturated heterocycles. The number of pyridine rings is 1. The number of ether oxygens (including phenoxy) is 4. The Morgan fingerprint density at radius 2 is 1.64 bits per heavy atom. The van der Waals surface area contributed by atoms with E-state index < -0.39 is 82.6 Å². The molecule has 0 saturated carbocycles. The fourth-order valence-electron chi connectivity index (χ4n) is 4.25. The topological polar surface area (TPSA) is 149 Å². The normalized spacial score (nSPS) is 22.7.